The van der Waals surface area contributed by atoms with Crippen LogP contribution in [-0.4, -0.2) is 32.7 Å². The molecule has 1 atom stereocenters. The number of ether oxygens (including phenoxy) is 1. The molecule has 1 saturated heterocycles. The summed E-state index contributed by atoms with van der Waals surface area (Å²) in [6.45, 7) is 1.50. The Labute approximate surface area is 153 Å². The fourth-order valence-electron chi connectivity index (χ4n) is 2.63. The molecule has 2 N–H and O–H groups in total. The monoisotopic (exact) mass is 372 g/mol. The van der Waals surface area contributed by atoms with Gasteiger partial charge in [-0.25, -0.2) is 18.1 Å². The molecule has 0 spiro atoms. The molecular formula is C18H20N4O3S. The average molecular weight is 372 g/mol. The van der Waals surface area contributed by atoms with Gasteiger partial charge < -0.3 is 10.1 Å². The lowest BCUT2D eigenvalue weighted by atomic mass is 10.2. The zero-order valence-electron chi connectivity index (χ0n) is 14.2. The van der Waals surface area contributed by atoms with Gasteiger partial charge in [-0.2, -0.15) is 5.26 Å². The highest BCUT2D eigenvalue weighted by molar-refractivity contribution is 7.89. The summed E-state index contributed by atoms with van der Waals surface area (Å²) < 4.78 is 32.7. The predicted molar refractivity (Wildman–Crippen MR) is 96.9 cm³/mol. The third kappa shape index (κ3) is 4.79. The molecule has 1 unspecified atom stereocenters. The van der Waals surface area contributed by atoms with Crippen LogP contribution in [-0.2, 0) is 21.3 Å². The first kappa shape index (κ1) is 18.3. The number of anilines is 1. The second kappa shape index (κ2) is 8.27. The van der Waals surface area contributed by atoms with Gasteiger partial charge in [-0.3, -0.25) is 0 Å². The van der Waals surface area contributed by atoms with E-state index in [0.29, 0.717) is 31.1 Å². The van der Waals surface area contributed by atoms with Gasteiger partial charge in [0.25, 0.3) is 0 Å². The molecule has 1 aliphatic rings. The van der Waals surface area contributed by atoms with Gasteiger partial charge >= 0.3 is 0 Å². The summed E-state index contributed by atoms with van der Waals surface area (Å²) in [4.78, 5) is 4.36. The highest BCUT2D eigenvalue weighted by Gasteiger charge is 2.20. The summed E-state index contributed by atoms with van der Waals surface area (Å²) >= 11 is 0. The van der Waals surface area contributed by atoms with E-state index < -0.39 is 10.0 Å². The Morgan fingerprint density at radius 1 is 1.23 bits per heavy atom. The molecule has 0 aliphatic carbocycles. The van der Waals surface area contributed by atoms with E-state index in [1.165, 1.54) is 6.20 Å². The van der Waals surface area contributed by atoms with Crippen molar-refractivity contribution >= 4 is 15.8 Å². The Hall–Kier alpha value is -2.47. The first-order chi connectivity index (χ1) is 12.6. The van der Waals surface area contributed by atoms with Gasteiger partial charge in [-0.1, -0.05) is 12.1 Å². The van der Waals surface area contributed by atoms with Crippen molar-refractivity contribution in [3.63, 3.8) is 0 Å². The maximum atomic E-state index is 12.3. The largest absolute Gasteiger partial charge is 0.377 e. The van der Waals surface area contributed by atoms with Crippen molar-refractivity contribution in [1.82, 2.24) is 9.71 Å². The maximum Gasteiger partial charge on any atom is 0.240 e. The van der Waals surface area contributed by atoms with Gasteiger partial charge in [-0.05, 0) is 42.7 Å². The molecule has 8 heteroatoms. The number of nitrogens with one attached hydrogen (secondary N) is 2. The minimum Gasteiger partial charge on any atom is -0.377 e. The normalized spacial score (nSPS) is 17.0. The Balaban J connectivity index is 1.55. The Morgan fingerprint density at radius 3 is 2.65 bits per heavy atom. The van der Waals surface area contributed by atoms with Crippen molar-refractivity contribution in [3.05, 3.63) is 53.7 Å². The number of nitrogens with zero attached hydrogens (tertiary/aromatic N) is 2. The summed E-state index contributed by atoms with van der Waals surface area (Å²) in [5.74, 6) is 0.652. The SMILES string of the molecule is N#Cc1ccc(NCc2ccc(S(=O)(=O)NCC3CCCO3)cc2)nc1. The topological polar surface area (TPSA) is 104 Å². The van der Waals surface area contributed by atoms with Crippen LogP contribution >= 0.6 is 0 Å². The molecule has 0 bridgehead atoms. The zero-order chi connectivity index (χ0) is 18.4. The first-order valence-corrected chi connectivity index (χ1v) is 9.85. The number of rotatable bonds is 7. The van der Waals surface area contributed by atoms with Crippen LogP contribution in [0.3, 0.4) is 0 Å². The lowest BCUT2D eigenvalue weighted by Gasteiger charge is -2.12. The van der Waals surface area contributed by atoms with E-state index in [1.807, 2.05) is 6.07 Å². The maximum absolute atomic E-state index is 12.3. The molecule has 0 amide bonds. The molecule has 2 heterocycles. The second-order valence-electron chi connectivity index (χ2n) is 6.03. The molecule has 1 aromatic carbocycles. The summed E-state index contributed by atoms with van der Waals surface area (Å²) in [6.07, 6.45) is 3.32. The Kier molecular flexibility index (Phi) is 5.83. The van der Waals surface area contributed by atoms with Gasteiger partial charge in [0.05, 0.1) is 16.6 Å². The second-order valence-corrected chi connectivity index (χ2v) is 7.80. The van der Waals surface area contributed by atoms with E-state index in [4.69, 9.17) is 10.00 Å². The molecule has 1 aromatic heterocycles. The summed E-state index contributed by atoms with van der Waals surface area (Å²) in [5.41, 5.74) is 1.43. The number of sulfonamides is 1. The van der Waals surface area contributed by atoms with Gasteiger partial charge in [0, 0.05) is 25.9 Å². The van der Waals surface area contributed by atoms with Gasteiger partial charge in [0.15, 0.2) is 0 Å². The molecule has 7 nitrogen and oxygen atoms in total. The van der Waals surface area contributed by atoms with Crippen molar-refractivity contribution in [2.45, 2.75) is 30.4 Å². The zero-order valence-corrected chi connectivity index (χ0v) is 15.0. The number of benzene rings is 1. The van der Waals surface area contributed by atoms with Crippen molar-refractivity contribution in [2.24, 2.45) is 0 Å². The van der Waals surface area contributed by atoms with E-state index in [-0.39, 0.29) is 11.0 Å². The van der Waals surface area contributed by atoms with Crippen molar-refractivity contribution in [1.29, 1.82) is 5.26 Å². The van der Waals surface area contributed by atoms with E-state index in [1.54, 1.807) is 36.4 Å². The van der Waals surface area contributed by atoms with Gasteiger partial charge in [0.1, 0.15) is 11.9 Å². The molecule has 2 aromatic rings. The van der Waals surface area contributed by atoms with Gasteiger partial charge in [-0.15, -0.1) is 0 Å². The lowest BCUT2D eigenvalue weighted by Crippen LogP contribution is -2.31. The minimum atomic E-state index is -3.53. The molecule has 0 radical (unpaired) electrons. The van der Waals surface area contributed by atoms with Gasteiger partial charge in [0.2, 0.25) is 10.0 Å². The molecule has 26 heavy (non-hydrogen) atoms. The van der Waals surface area contributed by atoms with Crippen molar-refractivity contribution < 1.29 is 13.2 Å². The number of hydrogen-bond donors (Lipinski definition) is 2. The molecular weight excluding hydrogens is 352 g/mol. The predicted octanol–water partition coefficient (Wildman–Crippen LogP) is 2.02. The van der Waals surface area contributed by atoms with Crippen LogP contribution in [0.2, 0.25) is 0 Å². The Morgan fingerprint density at radius 2 is 2.04 bits per heavy atom. The summed E-state index contributed by atoms with van der Waals surface area (Å²) in [5, 5.41) is 11.9. The number of hydrogen-bond acceptors (Lipinski definition) is 6. The molecule has 136 valence electrons. The summed E-state index contributed by atoms with van der Waals surface area (Å²) in [7, 11) is -3.53. The third-order valence-electron chi connectivity index (χ3n) is 4.12. The van der Waals surface area contributed by atoms with Crippen LogP contribution in [0.5, 0.6) is 0 Å². The third-order valence-corrected chi connectivity index (χ3v) is 5.56. The minimum absolute atomic E-state index is 0.0341. The molecule has 1 aliphatic heterocycles. The van der Waals surface area contributed by atoms with E-state index in [2.05, 4.69) is 15.0 Å². The molecule has 0 saturated carbocycles. The summed E-state index contributed by atoms with van der Waals surface area (Å²) in [6, 6.07) is 12.1. The standard InChI is InChI=1S/C18H20N4O3S/c19-10-15-5-8-18(21-12-15)20-11-14-3-6-17(7-4-14)26(23,24)22-13-16-2-1-9-25-16/h3-8,12,16,22H,1-2,9,11,13H2,(H,20,21). The number of nitriles is 1. The molecule has 1 fully saturated rings. The van der Waals surface area contributed by atoms with Crippen LogP contribution < -0.4 is 10.0 Å². The lowest BCUT2D eigenvalue weighted by molar-refractivity contribution is 0.114. The van der Waals surface area contributed by atoms with E-state index >= 15 is 0 Å². The average Bonchev–Trinajstić information content (AvgIpc) is 3.19. The number of pyridine rings is 1. The fraction of sp³-hybridized carbons (Fsp3) is 0.333. The van der Waals surface area contributed by atoms with E-state index in [9.17, 15) is 8.42 Å². The quantitative estimate of drug-likeness (QED) is 0.771. The highest BCUT2D eigenvalue weighted by Crippen LogP contribution is 2.15. The van der Waals surface area contributed by atoms with Crippen LogP contribution in [0.1, 0.15) is 24.0 Å². The van der Waals surface area contributed by atoms with Crippen LogP contribution in [0.4, 0.5) is 5.82 Å². The van der Waals surface area contributed by atoms with Crippen molar-refractivity contribution in [3.8, 4) is 6.07 Å². The fourth-order valence-corrected chi connectivity index (χ4v) is 3.70. The number of aromatic nitrogens is 1. The highest BCUT2D eigenvalue weighted by atomic mass is 32.2. The smallest absolute Gasteiger partial charge is 0.240 e. The van der Waals surface area contributed by atoms with E-state index in [0.717, 1.165) is 18.4 Å². The van der Waals surface area contributed by atoms with Crippen LogP contribution in [0.15, 0.2) is 47.5 Å². The van der Waals surface area contributed by atoms with Crippen molar-refractivity contribution in [2.75, 3.05) is 18.5 Å². The Bertz CT molecular complexity index is 868. The van der Waals surface area contributed by atoms with Crippen LogP contribution in [0.25, 0.3) is 0 Å². The van der Waals surface area contributed by atoms with Crippen LogP contribution in [0, 0.1) is 11.3 Å². The molecule has 3 rings (SSSR count). The first-order valence-electron chi connectivity index (χ1n) is 8.37.